The molecule has 5 rings (SSSR count). The van der Waals surface area contributed by atoms with E-state index in [1.165, 1.54) is 10.9 Å². The molecular formula is C20H12N2O4. The molecule has 26 heavy (non-hydrogen) atoms. The molecule has 2 heterocycles. The Kier molecular flexibility index (Phi) is 2.91. The van der Waals surface area contributed by atoms with Crippen molar-refractivity contribution < 1.29 is 14.0 Å². The summed E-state index contributed by atoms with van der Waals surface area (Å²) in [6.45, 7) is 0.216. The topological polar surface area (TPSA) is 85.1 Å². The molecule has 0 radical (unpaired) electrons. The summed E-state index contributed by atoms with van der Waals surface area (Å²) in [7, 11) is 0. The van der Waals surface area contributed by atoms with Gasteiger partial charge in [0.1, 0.15) is 12.3 Å². The first kappa shape index (κ1) is 14.7. The Hall–Kier alpha value is -3.67. The molecule has 4 aromatic rings. The molecule has 0 saturated carbocycles. The number of benzene rings is 2. The second-order valence-corrected chi connectivity index (χ2v) is 6.20. The first-order valence-electron chi connectivity index (χ1n) is 8.11. The number of ketones is 2. The third kappa shape index (κ3) is 1.89. The average Bonchev–Trinajstić information content (AvgIpc) is 3.28. The van der Waals surface area contributed by atoms with Crippen LogP contribution in [0.4, 0.5) is 0 Å². The summed E-state index contributed by atoms with van der Waals surface area (Å²) in [5, 5.41) is 3.35. The van der Waals surface area contributed by atoms with Crippen molar-refractivity contribution in [2.45, 2.75) is 6.54 Å². The molecule has 2 aromatic heterocycles. The van der Waals surface area contributed by atoms with Gasteiger partial charge in [0.25, 0.3) is 5.56 Å². The highest BCUT2D eigenvalue weighted by Crippen LogP contribution is 2.30. The van der Waals surface area contributed by atoms with E-state index in [-0.39, 0.29) is 29.2 Å². The minimum absolute atomic E-state index is 0.211. The van der Waals surface area contributed by atoms with Crippen molar-refractivity contribution >= 4 is 22.5 Å². The second-order valence-electron chi connectivity index (χ2n) is 6.20. The lowest BCUT2D eigenvalue weighted by atomic mass is 9.83. The fourth-order valence-corrected chi connectivity index (χ4v) is 3.48. The number of aromatic nitrogens is 2. The Labute approximate surface area is 146 Å². The van der Waals surface area contributed by atoms with E-state index in [0.717, 1.165) is 0 Å². The van der Waals surface area contributed by atoms with Crippen molar-refractivity contribution in [3.63, 3.8) is 0 Å². The SMILES string of the molecule is O=C1c2ccccc2C(=O)c2c1ccc1c(=O)n(Cc3ccco3)[nH]c21. The third-order valence-electron chi connectivity index (χ3n) is 4.71. The van der Waals surface area contributed by atoms with Crippen molar-refractivity contribution in [2.24, 2.45) is 0 Å². The summed E-state index contributed by atoms with van der Waals surface area (Å²) in [5.41, 5.74) is 1.43. The Bertz CT molecular complexity index is 1260. The zero-order valence-corrected chi connectivity index (χ0v) is 13.5. The van der Waals surface area contributed by atoms with E-state index in [1.807, 2.05) is 0 Å². The normalized spacial score (nSPS) is 13.1. The zero-order chi connectivity index (χ0) is 17.8. The number of carbonyl (C=O) groups is 2. The van der Waals surface area contributed by atoms with Crippen LogP contribution in [0.15, 0.2) is 64.0 Å². The molecular weight excluding hydrogens is 332 g/mol. The number of hydrogen-bond acceptors (Lipinski definition) is 4. The number of rotatable bonds is 2. The lowest BCUT2D eigenvalue weighted by Gasteiger charge is -2.17. The fourth-order valence-electron chi connectivity index (χ4n) is 3.48. The lowest BCUT2D eigenvalue weighted by Crippen LogP contribution is -2.21. The Morgan fingerprint density at radius 2 is 1.62 bits per heavy atom. The van der Waals surface area contributed by atoms with Crippen LogP contribution in [-0.2, 0) is 6.54 Å². The molecule has 1 N–H and O–H groups in total. The maximum Gasteiger partial charge on any atom is 0.274 e. The fraction of sp³-hybridized carbons (Fsp3) is 0.0500. The second kappa shape index (κ2) is 5.16. The Balaban J connectivity index is 1.76. The smallest absolute Gasteiger partial charge is 0.274 e. The van der Waals surface area contributed by atoms with E-state index in [9.17, 15) is 14.4 Å². The van der Waals surface area contributed by atoms with Gasteiger partial charge in [0.15, 0.2) is 11.6 Å². The molecule has 0 atom stereocenters. The van der Waals surface area contributed by atoms with Crippen molar-refractivity contribution in [1.82, 2.24) is 9.78 Å². The van der Waals surface area contributed by atoms with Crippen LogP contribution in [0.1, 0.15) is 37.6 Å². The molecule has 1 aliphatic rings. The highest BCUT2D eigenvalue weighted by Gasteiger charge is 2.32. The van der Waals surface area contributed by atoms with Crippen LogP contribution in [-0.4, -0.2) is 21.3 Å². The van der Waals surface area contributed by atoms with Crippen LogP contribution in [0.2, 0.25) is 0 Å². The van der Waals surface area contributed by atoms with Crippen molar-refractivity contribution in [3.05, 3.63) is 93.2 Å². The standard InChI is InChI=1S/C20H12N2O4/c23-18-12-5-1-2-6-13(12)19(24)16-14(18)7-8-15-17(16)21-22(20(15)25)10-11-4-3-9-26-11/h1-9,21H,10H2. The molecule has 0 unspecified atom stereocenters. The van der Waals surface area contributed by atoms with Crippen molar-refractivity contribution in [2.75, 3.05) is 0 Å². The summed E-state index contributed by atoms with van der Waals surface area (Å²) in [5.74, 6) is 0.143. The van der Waals surface area contributed by atoms with Gasteiger partial charge in [-0.1, -0.05) is 24.3 Å². The van der Waals surface area contributed by atoms with E-state index >= 15 is 0 Å². The van der Waals surface area contributed by atoms with Crippen molar-refractivity contribution in [3.8, 4) is 0 Å². The van der Waals surface area contributed by atoms with E-state index in [2.05, 4.69) is 5.10 Å². The zero-order valence-electron chi connectivity index (χ0n) is 13.5. The molecule has 0 spiro atoms. The molecule has 1 aliphatic carbocycles. The molecule has 0 fully saturated rings. The van der Waals surface area contributed by atoms with E-state index in [1.54, 1.807) is 48.5 Å². The third-order valence-corrected chi connectivity index (χ3v) is 4.71. The summed E-state index contributed by atoms with van der Waals surface area (Å²) in [4.78, 5) is 38.5. The minimum Gasteiger partial charge on any atom is -0.467 e. The summed E-state index contributed by atoms with van der Waals surface area (Å²) in [6.07, 6.45) is 1.53. The Morgan fingerprint density at radius 3 is 2.35 bits per heavy atom. The van der Waals surface area contributed by atoms with Gasteiger partial charge in [0, 0.05) is 16.7 Å². The predicted octanol–water partition coefficient (Wildman–Crippen LogP) is 2.75. The van der Waals surface area contributed by atoms with Gasteiger partial charge in [-0.3, -0.25) is 19.5 Å². The van der Waals surface area contributed by atoms with Crippen LogP contribution < -0.4 is 5.56 Å². The van der Waals surface area contributed by atoms with Gasteiger partial charge in [0.05, 0.1) is 22.7 Å². The van der Waals surface area contributed by atoms with Crippen LogP contribution in [0, 0.1) is 0 Å². The number of H-pyrrole nitrogens is 1. The van der Waals surface area contributed by atoms with E-state index < -0.39 is 0 Å². The van der Waals surface area contributed by atoms with Crippen LogP contribution >= 0.6 is 0 Å². The van der Waals surface area contributed by atoms with Gasteiger partial charge >= 0.3 is 0 Å². The summed E-state index contributed by atoms with van der Waals surface area (Å²) in [6, 6.07) is 13.4. The molecule has 6 nitrogen and oxygen atoms in total. The maximum absolute atomic E-state index is 13.0. The predicted molar refractivity (Wildman–Crippen MR) is 93.7 cm³/mol. The molecule has 126 valence electrons. The van der Waals surface area contributed by atoms with Gasteiger partial charge in [-0.05, 0) is 24.3 Å². The monoisotopic (exact) mass is 344 g/mol. The number of fused-ring (bicyclic) bond motifs is 4. The van der Waals surface area contributed by atoms with Crippen LogP contribution in [0.3, 0.4) is 0 Å². The van der Waals surface area contributed by atoms with Gasteiger partial charge in [-0.2, -0.15) is 0 Å². The Morgan fingerprint density at radius 1 is 0.846 bits per heavy atom. The van der Waals surface area contributed by atoms with Gasteiger partial charge < -0.3 is 4.42 Å². The van der Waals surface area contributed by atoms with Crippen LogP contribution in [0.25, 0.3) is 10.9 Å². The summed E-state index contributed by atoms with van der Waals surface area (Å²) >= 11 is 0. The van der Waals surface area contributed by atoms with Crippen molar-refractivity contribution in [1.29, 1.82) is 0 Å². The molecule has 0 bridgehead atoms. The van der Waals surface area contributed by atoms with Gasteiger partial charge in [0.2, 0.25) is 0 Å². The molecule has 2 aromatic carbocycles. The quantitative estimate of drug-likeness (QED) is 0.534. The number of nitrogens with zero attached hydrogens (tertiary/aromatic N) is 1. The van der Waals surface area contributed by atoms with Gasteiger partial charge in [-0.15, -0.1) is 0 Å². The molecule has 6 heteroatoms. The number of hydrogen-bond donors (Lipinski definition) is 1. The van der Waals surface area contributed by atoms with Crippen LogP contribution in [0.5, 0.6) is 0 Å². The molecule has 0 aliphatic heterocycles. The first-order chi connectivity index (χ1) is 12.6. The molecule has 0 saturated heterocycles. The number of nitrogens with one attached hydrogen (secondary N) is 1. The lowest BCUT2D eigenvalue weighted by molar-refractivity contribution is 0.0980. The molecule has 0 amide bonds. The maximum atomic E-state index is 13.0. The summed E-state index contributed by atoms with van der Waals surface area (Å²) < 4.78 is 6.66. The average molecular weight is 344 g/mol. The highest BCUT2D eigenvalue weighted by molar-refractivity contribution is 6.31. The minimum atomic E-state index is -0.265. The number of furan rings is 1. The highest BCUT2D eigenvalue weighted by atomic mass is 16.3. The largest absolute Gasteiger partial charge is 0.467 e. The van der Waals surface area contributed by atoms with Gasteiger partial charge in [-0.25, -0.2) is 4.68 Å². The number of carbonyl (C=O) groups excluding carboxylic acids is 2. The van der Waals surface area contributed by atoms with E-state index in [0.29, 0.717) is 33.4 Å². The first-order valence-corrected chi connectivity index (χ1v) is 8.11. The van der Waals surface area contributed by atoms with E-state index in [4.69, 9.17) is 4.42 Å². The number of aromatic amines is 1.